The maximum Gasteiger partial charge on any atom is 0.244 e. The van der Waals surface area contributed by atoms with Gasteiger partial charge in [-0.25, -0.2) is 16.8 Å². The molecule has 156 valence electrons. The summed E-state index contributed by atoms with van der Waals surface area (Å²) in [5.41, 5.74) is 0. The van der Waals surface area contributed by atoms with Crippen molar-refractivity contribution in [1.82, 2.24) is 8.61 Å². The summed E-state index contributed by atoms with van der Waals surface area (Å²) in [4.78, 5) is 0.106. The Morgan fingerprint density at radius 2 is 1.34 bits per heavy atom. The number of fused-ring (bicyclic) bond motifs is 1. The van der Waals surface area contributed by atoms with Gasteiger partial charge in [-0.05, 0) is 24.3 Å². The molecular weight excluding hydrogens is 440 g/mol. The Hall–Kier alpha value is -1.85. The molecule has 1 saturated heterocycles. The maximum atomic E-state index is 13.0. The van der Waals surface area contributed by atoms with Crippen LogP contribution in [-0.4, -0.2) is 64.8 Å². The quantitative estimate of drug-likeness (QED) is 0.693. The van der Waals surface area contributed by atoms with Crippen LogP contribution in [0.4, 0.5) is 0 Å². The van der Waals surface area contributed by atoms with Gasteiger partial charge in [-0.1, -0.05) is 23.7 Å². The lowest BCUT2D eigenvalue weighted by atomic mass is 10.3. The van der Waals surface area contributed by atoms with Crippen LogP contribution in [0.25, 0.3) is 0 Å². The highest BCUT2D eigenvalue weighted by Crippen LogP contribution is 2.33. The first-order valence-electron chi connectivity index (χ1n) is 8.94. The van der Waals surface area contributed by atoms with Gasteiger partial charge in [-0.15, -0.1) is 0 Å². The van der Waals surface area contributed by atoms with E-state index in [-0.39, 0.29) is 41.0 Å². The molecule has 0 N–H and O–H groups in total. The molecule has 8 nitrogen and oxygen atoms in total. The number of rotatable bonds is 4. The number of halogens is 1. The number of piperazine rings is 1. The maximum absolute atomic E-state index is 13.0. The molecule has 0 amide bonds. The summed E-state index contributed by atoms with van der Waals surface area (Å²) < 4.78 is 65.1. The fourth-order valence-corrected chi connectivity index (χ4v) is 6.63. The highest BCUT2D eigenvalue weighted by molar-refractivity contribution is 7.89. The minimum Gasteiger partial charge on any atom is -0.486 e. The summed E-state index contributed by atoms with van der Waals surface area (Å²) in [7, 11) is -7.58. The average molecular weight is 459 g/mol. The second-order valence-corrected chi connectivity index (χ2v) is 10.8. The number of hydrogen-bond donors (Lipinski definition) is 0. The summed E-state index contributed by atoms with van der Waals surface area (Å²) in [6, 6.07) is 10.7. The third-order valence-corrected chi connectivity index (χ3v) is 9.10. The average Bonchev–Trinajstić information content (AvgIpc) is 2.73. The van der Waals surface area contributed by atoms with Crippen LogP contribution in [0.2, 0.25) is 5.02 Å². The van der Waals surface area contributed by atoms with Crippen molar-refractivity contribution in [3.05, 3.63) is 47.5 Å². The van der Waals surface area contributed by atoms with E-state index in [4.69, 9.17) is 21.1 Å². The van der Waals surface area contributed by atoms with E-state index in [0.717, 1.165) is 0 Å². The van der Waals surface area contributed by atoms with E-state index in [1.807, 2.05) is 0 Å². The van der Waals surface area contributed by atoms with Crippen LogP contribution in [0, 0.1) is 0 Å². The highest BCUT2D eigenvalue weighted by atomic mass is 35.5. The minimum absolute atomic E-state index is 0.0183. The van der Waals surface area contributed by atoms with Gasteiger partial charge in [-0.2, -0.15) is 8.61 Å². The van der Waals surface area contributed by atoms with Crippen LogP contribution in [0.1, 0.15) is 0 Å². The van der Waals surface area contributed by atoms with Crippen molar-refractivity contribution < 1.29 is 26.3 Å². The zero-order chi connectivity index (χ0) is 20.6. The molecule has 0 spiro atoms. The lowest BCUT2D eigenvalue weighted by Gasteiger charge is -2.33. The van der Waals surface area contributed by atoms with Crippen molar-refractivity contribution in [2.75, 3.05) is 39.4 Å². The Morgan fingerprint density at radius 3 is 2.00 bits per heavy atom. The summed E-state index contributed by atoms with van der Waals surface area (Å²) in [5.74, 6) is 0.892. The number of benzene rings is 2. The van der Waals surface area contributed by atoms with Crippen LogP contribution in [0.15, 0.2) is 52.3 Å². The third-order valence-electron chi connectivity index (χ3n) is 4.80. The summed E-state index contributed by atoms with van der Waals surface area (Å²) in [5, 5.41) is 0.138. The molecule has 2 aliphatic rings. The normalized spacial score (nSPS) is 18.5. The number of ether oxygens (including phenoxy) is 2. The lowest BCUT2D eigenvalue weighted by Crippen LogP contribution is -2.50. The largest absolute Gasteiger partial charge is 0.486 e. The molecule has 29 heavy (non-hydrogen) atoms. The predicted octanol–water partition coefficient (Wildman–Crippen LogP) is 1.81. The van der Waals surface area contributed by atoms with Crippen molar-refractivity contribution in [2.24, 2.45) is 0 Å². The molecule has 2 aromatic carbocycles. The second kappa shape index (κ2) is 7.77. The Morgan fingerprint density at radius 1 is 0.759 bits per heavy atom. The van der Waals surface area contributed by atoms with Crippen LogP contribution in [0.5, 0.6) is 11.5 Å². The first-order valence-corrected chi connectivity index (χ1v) is 12.2. The molecule has 2 heterocycles. The van der Waals surface area contributed by atoms with Crippen LogP contribution in [0.3, 0.4) is 0 Å². The van der Waals surface area contributed by atoms with E-state index >= 15 is 0 Å². The van der Waals surface area contributed by atoms with Crippen molar-refractivity contribution in [1.29, 1.82) is 0 Å². The van der Waals surface area contributed by atoms with Gasteiger partial charge in [0.1, 0.15) is 18.1 Å². The van der Waals surface area contributed by atoms with Gasteiger partial charge in [0.25, 0.3) is 0 Å². The van der Waals surface area contributed by atoms with Gasteiger partial charge in [0, 0.05) is 32.2 Å². The topological polar surface area (TPSA) is 93.2 Å². The Kier molecular flexibility index (Phi) is 5.47. The molecule has 4 rings (SSSR count). The predicted molar refractivity (Wildman–Crippen MR) is 106 cm³/mol. The van der Waals surface area contributed by atoms with Crippen molar-refractivity contribution in [3.63, 3.8) is 0 Å². The molecule has 11 heteroatoms. The summed E-state index contributed by atoms with van der Waals surface area (Å²) >= 11 is 6.03. The standard InChI is InChI=1S/C18H19ClN2O6S2/c19-15-3-1-2-4-18(15)29(24,25)21-9-7-20(8-10-21)28(22,23)14-5-6-16-17(13-14)27-12-11-26-16/h1-6,13H,7-12H2. The number of hydrogen-bond acceptors (Lipinski definition) is 6. The fourth-order valence-electron chi connectivity index (χ4n) is 3.28. The smallest absolute Gasteiger partial charge is 0.244 e. The molecule has 0 aliphatic carbocycles. The minimum atomic E-state index is -3.79. The summed E-state index contributed by atoms with van der Waals surface area (Å²) in [6.07, 6.45) is 0. The number of nitrogens with zero attached hydrogens (tertiary/aromatic N) is 2. The zero-order valence-corrected chi connectivity index (χ0v) is 17.7. The van der Waals surface area contributed by atoms with Crippen LogP contribution >= 0.6 is 11.6 Å². The monoisotopic (exact) mass is 458 g/mol. The molecule has 0 radical (unpaired) electrons. The fraction of sp³-hybridized carbons (Fsp3) is 0.333. The Labute approximate surface area is 174 Å². The first-order chi connectivity index (χ1) is 13.8. The van der Waals surface area contributed by atoms with E-state index in [1.54, 1.807) is 18.2 Å². The van der Waals surface area contributed by atoms with Crippen molar-refractivity contribution in [2.45, 2.75) is 9.79 Å². The van der Waals surface area contributed by atoms with E-state index in [1.165, 1.54) is 32.9 Å². The van der Waals surface area contributed by atoms with Crippen molar-refractivity contribution in [3.8, 4) is 11.5 Å². The van der Waals surface area contributed by atoms with Gasteiger partial charge in [0.2, 0.25) is 20.0 Å². The van der Waals surface area contributed by atoms with Crippen LogP contribution < -0.4 is 9.47 Å². The van der Waals surface area contributed by atoms with Gasteiger partial charge >= 0.3 is 0 Å². The van der Waals surface area contributed by atoms with Crippen LogP contribution in [-0.2, 0) is 20.0 Å². The molecule has 2 aliphatic heterocycles. The Balaban J connectivity index is 1.51. The van der Waals surface area contributed by atoms with Crippen molar-refractivity contribution >= 4 is 31.6 Å². The van der Waals surface area contributed by atoms with Gasteiger partial charge in [-0.3, -0.25) is 0 Å². The second-order valence-electron chi connectivity index (χ2n) is 6.54. The zero-order valence-electron chi connectivity index (χ0n) is 15.3. The molecule has 1 fully saturated rings. The molecule has 0 aromatic heterocycles. The van der Waals surface area contributed by atoms with E-state index in [9.17, 15) is 16.8 Å². The molecular formula is C18H19ClN2O6S2. The third kappa shape index (κ3) is 3.82. The molecule has 2 aromatic rings. The van der Waals surface area contributed by atoms with Gasteiger partial charge in [0.15, 0.2) is 11.5 Å². The first kappa shape index (κ1) is 20.4. The Bertz CT molecular complexity index is 1130. The van der Waals surface area contributed by atoms with Gasteiger partial charge in [0.05, 0.1) is 9.92 Å². The number of sulfonamides is 2. The van der Waals surface area contributed by atoms with E-state index in [2.05, 4.69) is 0 Å². The SMILES string of the molecule is O=S(=O)(c1ccc2c(c1)OCCO2)N1CCN(S(=O)(=O)c2ccccc2Cl)CC1. The lowest BCUT2D eigenvalue weighted by molar-refractivity contribution is 0.171. The van der Waals surface area contributed by atoms with E-state index < -0.39 is 20.0 Å². The molecule has 0 bridgehead atoms. The molecule has 0 unspecified atom stereocenters. The molecule has 0 saturated carbocycles. The molecule has 0 atom stereocenters. The van der Waals surface area contributed by atoms with Gasteiger partial charge < -0.3 is 9.47 Å². The van der Waals surface area contributed by atoms with E-state index in [0.29, 0.717) is 24.7 Å². The summed E-state index contributed by atoms with van der Waals surface area (Å²) in [6.45, 7) is 0.936. The highest BCUT2D eigenvalue weighted by Gasteiger charge is 2.35.